The number of ether oxygens (including phenoxy) is 1. The summed E-state index contributed by atoms with van der Waals surface area (Å²) in [5, 5.41) is 6.90. The molecule has 0 atom stereocenters. The summed E-state index contributed by atoms with van der Waals surface area (Å²) in [4.78, 5) is 12.2. The van der Waals surface area contributed by atoms with Crippen LogP contribution in [0.5, 0.6) is 5.75 Å². The molecular weight excluding hydrogens is 309 g/mol. The Labute approximate surface area is 138 Å². The van der Waals surface area contributed by atoms with Crippen LogP contribution in [0.2, 0.25) is 0 Å². The number of hydrogen-bond acceptors (Lipinski definition) is 3. The van der Waals surface area contributed by atoms with E-state index in [2.05, 4.69) is 10.4 Å². The van der Waals surface area contributed by atoms with E-state index >= 15 is 0 Å². The number of methoxy groups -OCH3 is 1. The van der Waals surface area contributed by atoms with Gasteiger partial charge in [0.25, 0.3) is 5.91 Å². The van der Waals surface area contributed by atoms with E-state index < -0.39 is 0 Å². The summed E-state index contributed by atoms with van der Waals surface area (Å²) in [6.45, 7) is 0.297. The highest BCUT2D eigenvalue weighted by atomic mass is 19.1. The Morgan fingerprint density at radius 1 is 1.21 bits per heavy atom. The first-order chi connectivity index (χ1) is 11.7. The van der Waals surface area contributed by atoms with Crippen LogP contribution in [-0.4, -0.2) is 22.8 Å². The lowest BCUT2D eigenvalue weighted by atomic mass is 10.2. The second-order valence-electron chi connectivity index (χ2n) is 5.20. The summed E-state index contributed by atoms with van der Waals surface area (Å²) < 4.78 is 20.3. The lowest BCUT2D eigenvalue weighted by molar-refractivity contribution is 0.102. The number of amides is 1. The number of aromatic nitrogens is 2. The minimum Gasteiger partial charge on any atom is -0.497 e. The zero-order chi connectivity index (χ0) is 16.9. The molecule has 6 heteroatoms. The molecule has 0 aliphatic heterocycles. The highest BCUT2D eigenvalue weighted by Crippen LogP contribution is 2.14. The number of nitrogens with one attached hydrogen (secondary N) is 1. The third-order valence-corrected chi connectivity index (χ3v) is 3.53. The number of hydrogen-bond donors (Lipinski definition) is 1. The van der Waals surface area contributed by atoms with Gasteiger partial charge in [0.05, 0.1) is 25.5 Å². The molecule has 5 nitrogen and oxygen atoms in total. The van der Waals surface area contributed by atoms with Crippen LogP contribution >= 0.6 is 0 Å². The minimum atomic E-state index is -0.281. The molecule has 0 aliphatic rings. The molecule has 2 aromatic carbocycles. The predicted molar refractivity (Wildman–Crippen MR) is 88.7 cm³/mol. The van der Waals surface area contributed by atoms with Crippen LogP contribution in [0.1, 0.15) is 15.9 Å². The fraction of sp³-hybridized carbons (Fsp3) is 0.111. The van der Waals surface area contributed by atoms with Gasteiger partial charge in [-0.15, -0.1) is 0 Å². The molecule has 3 aromatic rings. The molecule has 122 valence electrons. The van der Waals surface area contributed by atoms with Crippen molar-refractivity contribution >= 4 is 11.6 Å². The predicted octanol–water partition coefficient (Wildman–Crippen LogP) is 3.33. The molecule has 1 N–H and O–H groups in total. The first-order valence-corrected chi connectivity index (χ1v) is 7.37. The molecule has 0 unspecified atom stereocenters. The quantitative estimate of drug-likeness (QED) is 0.783. The molecule has 0 bridgehead atoms. The van der Waals surface area contributed by atoms with E-state index in [-0.39, 0.29) is 11.7 Å². The maximum atomic E-state index is 13.7. The molecule has 1 aromatic heterocycles. The smallest absolute Gasteiger partial charge is 0.255 e. The standard InChI is InChI=1S/C18H16FN3O2/c1-24-16-8-6-13(7-9-16)18(23)21-15-10-20-22(12-15)11-14-4-2-3-5-17(14)19/h2-10,12H,11H2,1H3,(H,21,23). The summed E-state index contributed by atoms with van der Waals surface area (Å²) in [5.41, 5.74) is 1.60. The van der Waals surface area contributed by atoms with Crippen molar-refractivity contribution in [2.24, 2.45) is 0 Å². The second-order valence-corrected chi connectivity index (χ2v) is 5.20. The third kappa shape index (κ3) is 3.60. The SMILES string of the molecule is COc1ccc(C(=O)Nc2cnn(Cc3ccccc3F)c2)cc1. The van der Waals surface area contributed by atoms with Gasteiger partial charge in [0.15, 0.2) is 0 Å². The first-order valence-electron chi connectivity index (χ1n) is 7.37. The lowest BCUT2D eigenvalue weighted by Gasteiger charge is -2.04. The maximum Gasteiger partial charge on any atom is 0.255 e. The van der Waals surface area contributed by atoms with Gasteiger partial charge in [-0.1, -0.05) is 18.2 Å². The number of carbonyl (C=O) groups excluding carboxylic acids is 1. The van der Waals surface area contributed by atoms with Crippen molar-refractivity contribution in [1.82, 2.24) is 9.78 Å². The van der Waals surface area contributed by atoms with Crippen LogP contribution in [0, 0.1) is 5.82 Å². The molecule has 0 aliphatic carbocycles. The van der Waals surface area contributed by atoms with Gasteiger partial charge in [-0.3, -0.25) is 9.48 Å². The average molecular weight is 325 g/mol. The average Bonchev–Trinajstić information content (AvgIpc) is 3.04. The third-order valence-electron chi connectivity index (χ3n) is 3.53. The monoisotopic (exact) mass is 325 g/mol. The lowest BCUT2D eigenvalue weighted by Crippen LogP contribution is -2.11. The molecule has 24 heavy (non-hydrogen) atoms. The Morgan fingerprint density at radius 2 is 1.96 bits per heavy atom. The molecule has 3 rings (SSSR count). The fourth-order valence-corrected chi connectivity index (χ4v) is 2.26. The number of benzene rings is 2. The first kappa shape index (κ1) is 15.7. The van der Waals surface area contributed by atoms with Crippen molar-refractivity contribution in [1.29, 1.82) is 0 Å². The Bertz CT molecular complexity index is 843. The van der Waals surface area contributed by atoms with Crippen LogP contribution < -0.4 is 10.1 Å². The molecule has 1 amide bonds. The van der Waals surface area contributed by atoms with Crippen molar-refractivity contribution < 1.29 is 13.9 Å². The van der Waals surface area contributed by atoms with Crippen LogP contribution in [0.15, 0.2) is 60.9 Å². The van der Waals surface area contributed by atoms with Crippen LogP contribution in [0.25, 0.3) is 0 Å². The van der Waals surface area contributed by atoms with Gasteiger partial charge < -0.3 is 10.1 Å². The van der Waals surface area contributed by atoms with E-state index in [1.807, 2.05) is 0 Å². The molecular formula is C18H16FN3O2. The van der Waals surface area contributed by atoms with E-state index in [0.29, 0.717) is 29.1 Å². The van der Waals surface area contributed by atoms with Gasteiger partial charge in [-0.05, 0) is 30.3 Å². The summed E-state index contributed by atoms with van der Waals surface area (Å²) in [5.74, 6) is 0.157. The summed E-state index contributed by atoms with van der Waals surface area (Å²) in [7, 11) is 1.57. The van der Waals surface area contributed by atoms with Crippen LogP contribution in [0.3, 0.4) is 0 Å². The summed E-state index contributed by atoms with van der Waals surface area (Å²) in [6, 6.07) is 13.3. The molecule has 0 saturated heterocycles. The van der Waals surface area contributed by atoms with Crippen LogP contribution in [-0.2, 0) is 6.54 Å². The van der Waals surface area contributed by atoms with Gasteiger partial charge in [-0.25, -0.2) is 4.39 Å². The highest BCUT2D eigenvalue weighted by molar-refractivity contribution is 6.04. The number of nitrogens with zero attached hydrogens (tertiary/aromatic N) is 2. The fourth-order valence-electron chi connectivity index (χ4n) is 2.26. The topological polar surface area (TPSA) is 56.1 Å². The number of halogens is 1. The molecule has 0 spiro atoms. The van der Waals surface area contributed by atoms with Gasteiger partial charge in [-0.2, -0.15) is 5.10 Å². The van der Waals surface area contributed by atoms with Crippen molar-refractivity contribution in [3.8, 4) is 5.75 Å². The molecule has 0 saturated carbocycles. The maximum absolute atomic E-state index is 13.7. The van der Waals surface area contributed by atoms with E-state index in [1.165, 1.54) is 12.3 Å². The minimum absolute atomic E-state index is 0.247. The molecule has 1 heterocycles. The Kier molecular flexibility index (Phi) is 4.56. The van der Waals surface area contributed by atoms with Gasteiger partial charge in [0, 0.05) is 17.3 Å². The van der Waals surface area contributed by atoms with E-state index in [4.69, 9.17) is 4.74 Å². The summed E-state index contributed by atoms with van der Waals surface area (Å²) >= 11 is 0. The molecule has 0 fully saturated rings. The van der Waals surface area contributed by atoms with Crippen molar-refractivity contribution in [3.63, 3.8) is 0 Å². The normalized spacial score (nSPS) is 10.4. The van der Waals surface area contributed by atoms with Gasteiger partial charge in [0.1, 0.15) is 11.6 Å². The molecule has 0 radical (unpaired) electrons. The van der Waals surface area contributed by atoms with Crippen molar-refractivity contribution in [3.05, 3.63) is 77.9 Å². The zero-order valence-electron chi connectivity index (χ0n) is 13.1. The summed E-state index contributed by atoms with van der Waals surface area (Å²) in [6.07, 6.45) is 3.19. The highest BCUT2D eigenvalue weighted by Gasteiger charge is 2.09. The van der Waals surface area contributed by atoms with Gasteiger partial charge in [0.2, 0.25) is 0 Å². The Balaban J connectivity index is 1.67. The number of rotatable bonds is 5. The Morgan fingerprint density at radius 3 is 2.67 bits per heavy atom. The second kappa shape index (κ2) is 6.95. The van der Waals surface area contributed by atoms with E-state index in [9.17, 15) is 9.18 Å². The van der Waals surface area contributed by atoms with E-state index in [0.717, 1.165) is 0 Å². The number of anilines is 1. The number of carbonyl (C=O) groups is 1. The van der Waals surface area contributed by atoms with Crippen LogP contribution in [0.4, 0.5) is 10.1 Å². The van der Waals surface area contributed by atoms with Crippen molar-refractivity contribution in [2.75, 3.05) is 12.4 Å². The van der Waals surface area contributed by atoms with E-state index in [1.54, 1.807) is 60.5 Å². The zero-order valence-corrected chi connectivity index (χ0v) is 13.1. The Hall–Kier alpha value is -3.15. The van der Waals surface area contributed by atoms with Crippen molar-refractivity contribution in [2.45, 2.75) is 6.54 Å². The van der Waals surface area contributed by atoms with Gasteiger partial charge >= 0.3 is 0 Å². The largest absolute Gasteiger partial charge is 0.497 e.